The maximum Gasteiger partial charge on any atom is 0.220 e. The second kappa shape index (κ2) is 9.18. The lowest BCUT2D eigenvalue weighted by Gasteiger charge is -2.30. The number of nitrogens with one attached hydrogen (secondary N) is 2. The van der Waals surface area contributed by atoms with Crippen LogP contribution in [0.2, 0.25) is 0 Å². The van der Waals surface area contributed by atoms with Crippen molar-refractivity contribution in [1.29, 1.82) is 0 Å². The van der Waals surface area contributed by atoms with Crippen molar-refractivity contribution in [2.75, 3.05) is 20.1 Å². The Morgan fingerprint density at radius 3 is 2.39 bits per heavy atom. The first-order chi connectivity index (χ1) is 10.6. The van der Waals surface area contributed by atoms with Gasteiger partial charge in [-0.15, -0.1) is 12.4 Å². The Hall–Kier alpha value is -1.20. The molecule has 0 heterocycles. The second-order valence-electron chi connectivity index (χ2n) is 6.07. The van der Waals surface area contributed by atoms with Crippen molar-refractivity contribution in [1.82, 2.24) is 10.6 Å². The highest BCUT2D eigenvalue weighted by atomic mass is 35.5. The molecule has 1 amide bonds. The fraction of sp³-hybridized carbons (Fsp3) is 0.588. The summed E-state index contributed by atoms with van der Waals surface area (Å²) in [7, 11) is 1.84. The third kappa shape index (κ3) is 4.88. The van der Waals surface area contributed by atoms with Crippen molar-refractivity contribution in [3.05, 3.63) is 35.4 Å². The molecule has 1 fully saturated rings. The Bertz CT molecular complexity index is 499. The molecule has 1 aromatic rings. The van der Waals surface area contributed by atoms with Gasteiger partial charge in [0.05, 0.1) is 0 Å². The number of halogens is 3. The summed E-state index contributed by atoms with van der Waals surface area (Å²) in [5.41, 5.74) is -0.461. The van der Waals surface area contributed by atoms with Gasteiger partial charge in [-0.05, 0) is 45.0 Å². The standard InChI is InChI=1S/C17H24F2N2O.ClH/c1-20-11-5-8-15(22)21-12-17(9-2-3-10-17)16-13(18)6-4-7-14(16)19;/h4,6-7,20H,2-3,5,8-12H2,1H3,(H,21,22);1H. The summed E-state index contributed by atoms with van der Waals surface area (Å²) in [6, 6.07) is 3.98. The lowest BCUT2D eigenvalue weighted by Crippen LogP contribution is -2.40. The highest BCUT2D eigenvalue weighted by Gasteiger charge is 2.40. The molecule has 0 aliphatic heterocycles. The first-order valence-corrected chi connectivity index (χ1v) is 7.95. The minimum absolute atomic E-state index is 0. The molecular weight excluding hydrogens is 322 g/mol. The Morgan fingerprint density at radius 2 is 1.83 bits per heavy atom. The van der Waals surface area contributed by atoms with E-state index in [0.29, 0.717) is 25.8 Å². The van der Waals surface area contributed by atoms with E-state index in [1.54, 1.807) is 0 Å². The second-order valence-corrected chi connectivity index (χ2v) is 6.07. The summed E-state index contributed by atoms with van der Waals surface area (Å²) >= 11 is 0. The van der Waals surface area contributed by atoms with Crippen molar-refractivity contribution < 1.29 is 13.6 Å². The van der Waals surface area contributed by atoms with Gasteiger partial charge in [0.25, 0.3) is 0 Å². The highest BCUT2D eigenvalue weighted by molar-refractivity contribution is 5.85. The maximum atomic E-state index is 14.2. The number of rotatable bonds is 7. The summed E-state index contributed by atoms with van der Waals surface area (Å²) in [6.07, 6.45) is 4.47. The Balaban J connectivity index is 0.00000264. The van der Waals surface area contributed by atoms with Crippen molar-refractivity contribution >= 4 is 18.3 Å². The van der Waals surface area contributed by atoms with Crippen LogP contribution in [-0.2, 0) is 10.2 Å². The van der Waals surface area contributed by atoms with E-state index in [0.717, 1.165) is 25.8 Å². The highest BCUT2D eigenvalue weighted by Crippen LogP contribution is 2.42. The molecule has 23 heavy (non-hydrogen) atoms. The SMILES string of the molecule is CNCCCC(=O)NCC1(c2c(F)cccc2F)CCCC1.Cl. The van der Waals surface area contributed by atoms with E-state index >= 15 is 0 Å². The van der Waals surface area contributed by atoms with Crippen LogP contribution in [0, 0.1) is 11.6 Å². The molecule has 1 saturated carbocycles. The summed E-state index contributed by atoms with van der Waals surface area (Å²) < 4.78 is 28.3. The van der Waals surface area contributed by atoms with Crippen molar-refractivity contribution in [2.45, 2.75) is 43.9 Å². The van der Waals surface area contributed by atoms with Gasteiger partial charge >= 0.3 is 0 Å². The molecule has 0 saturated heterocycles. The number of carbonyl (C=O) groups is 1. The van der Waals surface area contributed by atoms with Gasteiger partial charge in [0, 0.05) is 23.9 Å². The van der Waals surface area contributed by atoms with Crippen LogP contribution < -0.4 is 10.6 Å². The summed E-state index contributed by atoms with van der Waals surface area (Å²) in [5, 5.41) is 5.87. The van der Waals surface area contributed by atoms with E-state index in [1.165, 1.54) is 18.2 Å². The molecule has 3 nitrogen and oxygen atoms in total. The zero-order valence-corrected chi connectivity index (χ0v) is 14.3. The fourth-order valence-electron chi connectivity index (χ4n) is 3.35. The lowest BCUT2D eigenvalue weighted by atomic mass is 9.78. The molecule has 0 unspecified atom stereocenters. The number of amides is 1. The molecule has 2 rings (SSSR count). The monoisotopic (exact) mass is 346 g/mol. The van der Waals surface area contributed by atoms with E-state index in [1.807, 2.05) is 7.05 Å². The van der Waals surface area contributed by atoms with Gasteiger partial charge in [-0.2, -0.15) is 0 Å². The molecule has 0 aromatic heterocycles. The number of hydrogen-bond donors (Lipinski definition) is 2. The number of carbonyl (C=O) groups excluding carboxylic acids is 1. The topological polar surface area (TPSA) is 41.1 Å². The van der Waals surface area contributed by atoms with E-state index in [9.17, 15) is 13.6 Å². The first kappa shape index (κ1) is 19.8. The zero-order chi connectivity index (χ0) is 16.0. The summed E-state index contributed by atoms with van der Waals surface area (Å²) in [6.45, 7) is 1.09. The number of benzene rings is 1. The lowest BCUT2D eigenvalue weighted by molar-refractivity contribution is -0.121. The minimum Gasteiger partial charge on any atom is -0.355 e. The van der Waals surface area contributed by atoms with E-state index in [2.05, 4.69) is 10.6 Å². The van der Waals surface area contributed by atoms with Crippen molar-refractivity contribution in [2.24, 2.45) is 0 Å². The van der Waals surface area contributed by atoms with Gasteiger partial charge in [0.15, 0.2) is 0 Å². The number of hydrogen-bond acceptors (Lipinski definition) is 2. The molecule has 0 radical (unpaired) electrons. The van der Waals surface area contributed by atoms with Crippen LogP contribution in [0.5, 0.6) is 0 Å². The van der Waals surface area contributed by atoms with Crippen LogP contribution in [0.15, 0.2) is 18.2 Å². The molecule has 6 heteroatoms. The predicted molar refractivity (Wildman–Crippen MR) is 89.9 cm³/mol. The van der Waals surface area contributed by atoms with Gasteiger partial charge in [-0.1, -0.05) is 18.9 Å². The van der Waals surface area contributed by atoms with Crippen LogP contribution in [-0.4, -0.2) is 26.0 Å². The van der Waals surface area contributed by atoms with Gasteiger partial charge in [0.1, 0.15) is 11.6 Å². The summed E-state index contributed by atoms with van der Waals surface area (Å²) in [4.78, 5) is 11.9. The van der Waals surface area contributed by atoms with Crippen LogP contribution in [0.1, 0.15) is 44.1 Å². The van der Waals surface area contributed by atoms with E-state index in [4.69, 9.17) is 0 Å². The average Bonchev–Trinajstić information content (AvgIpc) is 2.95. The molecule has 0 bridgehead atoms. The zero-order valence-electron chi connectivity index (χ0n) is 13.5. The predicted octanol–water partition coefficient (Wildman–Crippen LogP) is 3.31. The summed E-state index contributed by atoms with van der Waals surface area (Å²) in [5.74, 6) is -1.07. The molecule has 1 aromatic carbocycles. The fourth-order valence-corrected chi connectivity index (χ4v) is 3.35. The van der Waals surface area contributed by atoms with Crippen LogP contribution >= 0.6 is 12.4 Å². The Kier molecular flexibility index (Phi) is 7.92. The quantitative estimate of drug-likeness (QED) is 0.744. The van der Waals surface area contributed by atoms with E-state index < -0.39 is 17.0 Å². The van der Waals surface area contributed by atoms with Gasteiger partial charge in [-0.3, -0.25) is 4.79 Å². The van der Waals surface area contributed by atoms with Gasteiger partial charge in [0.2, 0.25) is 5.91 Å². The van der Waals surface area contributed by atoms with Crippen molar-refractivity contribution in [3.63, 3.8) is 0 Å². The molecule has 0 atom stereocenters. The third-order valence-electron chi connectivity index (χ3n) is 4.51. The molecular formula is C17H25ClF2N2O. The Morgan fingerprint density at radius 1 is 1.22 bits per heavy atom. The van der Waals surface area contributed by atoms with Crippen LogP contribution in [0.4, 0.5) is 8.78 Å². The van der Waals surface area contributed by atoms with E-state index in [-0.39, 0.29) is 23.9 Å². The van der Waals surface area contributed by atoms with Gasteiger partial charge < -0.3 is 10.6 Å². The smallest absolute Gasteiger partial charge is 0.220 e. The van der Waals surface area contributed by atoms with Crippen LogP contribution in [0.25, 0.3) is 0 Å². The molecule has 1 aliphatic rings. The first-order valence-electron chi connectivity index (χ1n) is 7.95. The maximum absolute atomic E-state index is 14.2. The Labute approximate surface area is 142 Å². The largest absolute Gasteiger partial charge is 0.355 e. The third-order valence-corrected chi connectivity index (χ3v) is 4.51. The van der Waals surface area contributed by atoms with Crippen molar-refractivity contribution in [3.8, 4) is 0 Å². The van der Waals surface area contributed by atoms with Crippen LogP contribution in [0.3, 0.4) is 0 Å². The normalized spacial score (nSPS) is 16.0. The van der Waals surface area contributed by atoms with Gasteiger partial charge in [-0.25, -0.2) is 8.78 Å². The molecule has 0 spiro atoms. The minimum atomic E-state index is -0.603. The molecule has 2 N–H and O–H groups in total. The average molecular weight is 347 g/mol. The molecule has 130 valence electrons. The molecule has 1 aliphatic carbocycles.